The number of anilines is 2. The molecule has 0 unspecified atom stereocenters. The van der Waals surface area contributed by atoms with Crippen LogP contribution in [0.5, 0.6) is 0 Å². The van der Waals surface area contributed by atoms with Crippen molar-refractivity contribution in [2.75, 3.05) is 24.2 Å². The van der Waals surface area contributed by atoms with Gasteiger partial charge in [-0.2, -0.15) is 0 Å². The standard InChI is InChI=1S/C16H29NO2Si.C10H15NO2/c1-7-15(13-18-20(5,6)16(2,3)4)19-17-14-11-9-8-10-12-14;1-2-10(8-12)13-11-9-6-4-3-5-7-9/h8-12,15,17H,7,13H2,1-6H3;3-7,10-12H,2,8H2,1H3/t15-;10-/m11/s1. The third-order valence-corrected chi connectivity index (χ3v) is 10.3. The highest BCUT2D eigenvalue weighted by Crippen LogP contribution is 2.36. The zero-order valence-corrected chi connectivity index (χ0v) is 22.4. The van der Waals surface area contributed by atoms with E-state index in [1.54, 1.807) is 0 Å². The van der Waals surface area contributed by atoms with E-state index in [-0.39, 0.29) is 23.9 Å². The average Bonchev–Trinajstić information content (AvgIpc) is 2.81. The summed E-state index contributed by atoms with van der Waals surface area (Å²) < 4.78 is 6.21. The number of benzene rings is 2. The third kappa shape index (κ3) is 11.7. The van der Waals surface area contributed by atoms with Crippen LogP contribution in [0.2, 0.25) is 18.1 Å². The number of aliphatic hydroxyl groups is 1. The van der Waals surface area contributed by atoms with Crippen molar-refractivity contribution in [2.24, 2.45) is 0 Å². The average molecular weight is 477 g/mol. The van der Waals surface area contributed by atoms with E-state index in [1.165, 1.54) is 0 Å². The highest BCUT2D eigenvalue weighted by molar-refractivity contribution is 6.74. The first-order valence-corrected chi connectivity index (χ1v) is 14.7. The summed E-state index contributed by atoms with van der Waals surface area (Å²) in [7, 11) is -1.70. The minimum absolute atomic E-state index is 0.0380. The van der Waals surface area contributed by atoms with Crippen LogP contribution in [0, 0.1) is 0 Å². The third-order valence-electron chi connectivity index (χ3n) is 5.79. The van der Waals surface area contributed by atoms with Gasteiger partial charge in [-0.25, -0.2) is 0 Å². The van der Waals surface area contributed by atoms with Crippen molar-refractivity contribution in [3.63, 3.8) is 0 Å². The van der Waals surface area contributed by atoms with Gasteiger partial charge in [0, 0.05) is 0 Å². The summed E-state index contributed by atoms with van der Waals surface area (Å²) in [5.41, 5.74) is 7.66. The van der Waals surface area contributed by atoms with Crippen LogP contribution in [0.4, 0.5) is 11.4 Å². The van der Waals surface area contributed by atoms with E-state index < -0.39 is 8.32 Å². The number of hydrogen-bond donors (Lipinski definition) is 3. The Hall–Kier alpha value is -1.90. The molecular weight excluding hydrogens is 432 g/mol. The van der Waals surface area contributed by atoms with Gasteiger partial charge < -0.3 is 9.53 Å². The van der Waals surface area contributed by atoms with Gasteiger partial charge in [0.1, 0.15) is 12.2 Å². The number of aliphatic hydroxyl groups excluding tert-OH is 1. The van der Waals surface area contributed by atoms with Crippen LogP contribution in [0.1, 0.15) is 47.5 Å². The van der Waals surface area contributed by atoms with E-state index in [9.17, 15) is 0 Å². The molecule has 33 heavy (non-hydrogen) atoms. The molecule has 2 atom stereocenters. The Morgan fingerprint density at radius 1 is 0.788 bits per heavy atom. The summed E-state index contributed by atoms with van der Waals surface area (Å²) in [4.78, 5) is 11.0. The molecule has 0 aliphatic rings. The van der Waals surface area contributed by atoms with Gasteiger partial charge in [0.2, 0.25) is 0 Å². The number of hydrogen-bond acceptors (Lipinski definition) is 6. The van der Waals surface area contributed by atoms with Crippen LogP contribution in [0.3, 0.4) is 0 Å². The molecule has 7 heteroatoms. The van der Waals surface area contributed by atoms with Crippen molar-refractivity contribution in [3.8, 4) is 0 Å². The molecule has 186 valence electrons. The zero-order chi connectivity index (χ0) is 24.7. The molecule has 2 aromatic rings. The van der Waals surface area contributed by atoms with Crippen LogP contribution in [-0.2, 0) is 14.1 Å². The number of para-hydroxylation sites is 2. The van der Waals surface area contributed by atoms with Crippen molar-refractivity contribution in [2.45, 2.75) is 77.8 Å². The van der Waals surface area contributed by atoms with Crippen LogP contribution in [0.15, 0.2) is 60.7 Å². The molecule has 0 saturated carbocycles. The molecule has 0 fully saturated rings. The molecule has 0 bridgehead atoms. The van der Waals surface area contributed by atoms with Gasteiger partial charge in [-0.05, 0) is 55.2 Å². The molecule has 0 saturated heterocycles. The first kappa shape index (κ1) is 29.1. The lowest BCUT2D eigenvalue weighted by atomic mass is 10.2. The molecule has 2 rings (SSSR count). The maximum absolute atomic E-state index is 8.84. The van der Waals surface area contributed by atoms with E-state index in [1.807, 2.05) is 67.6 Å². The van der Waals surface area contributed by atoms with Crippen LogP contribution in [-0.4, -0.2) is 38.8 Å². The molecule has 3 N–H and O–H groups in total. The van der Waals surface area contributed by atoms with Crippen molar-refractivity contribution in [3.05, 3.63) is 60.7 Å². The molecule has 0 amide bonds. The Balaban J connectivity index is 0.000000361. The van der Waals surface area contributed by atoms with Gasteiger partial charge in [0.05, 0.1) is 24.6 Å². The lowest BCUT2D eigenvalue weighted by Gasteiger charge is -2.37. The quantitative estimate of drug-likeness (QED) is 0.236. The first-order chi connectivity index (χ1) is 15.6. The summed E-state index contributed by atoms with van der Waals surface area (Å²) in [5, 5.41) is 9.07. The predicted molar refractivity (Wildman–Crippen MR) is 141 cm³/mol. The minimum atomic E-state index is -1.70. The maximum atomic E-state index is 8.84. The molecule has 0 aromatic heterocycles. The molecule has 0 aliphatic carbocycles. The van der Waals surface area contributed by atoms with E-state index in [0.717, 1.165) is 24.2 Å². The summed E-state index contributed by atoms with van der Waals surface area (Å²) in [6.45, 7) is 16.1. The van der Waals surface area contributed by atoms with Crippen LogP contribution in [0.25, 0.3) is 0 Å². The topological polar surface area (TPSA) is 72.0 Å². The van der Waals surface area contributed by atoms with Crippen molar-refractivity contribution in [1.82, 2.24) is 0 Å². The second kappa shape index (κ2) is 15.1. The van der Waals surface area contributed by atoms with Crippen molar-refractivity contribution < 1.29 is 19.2 Å². The van der Waals surface area contributed by atoms with Crippen LogP contribution >= 0.6 is 0 Å². The number of rotatable bonds is 12. The Labute approximate surface area is 201 Å². The highest BCUT2D eigenvalue weighted by Gasteiger charge is 2.37. The molecule has 6 nitrogen and oxygen atoms in total. The molecule has 0 aliphatic heterocycles. The Morgan fingerprint density at radius 3 is 1.58 bits per heavy atom. The highest BCUT2D eigenvalue weighted by atomic mass is 28.4. The van der Waals surface area contributed by atoms with Gasteiger partial charge in [0.25, 0.3) is 0 Å². The maximum Gasteiger partial charge on any atom is 0.192 e. The number of nitrogens with one attached hydrogen (secondary N) is 2. The molecule has 0 heterocycles. The van der Waals surface area contributed by atoms with Crippen LogP contribution < -0.4 is 11.0 Å². The Morgan fingerprint density at radius 2 is 1.21 bits per heavy atom. The monoisotopic (exact) mass is 476 g/mol. The normalized spacial score (nSPS) is 13.5. The van der Waals surface area contributed by atoms with Gasteiger partial charge in [0.15, 0.2) is 8.32 Å². The zero-order valence-electron chi connectivity index (χ0n) is 21.4. The molecule has 2 aromatic carbocycles. The second-order valence-electron chi connectivity index (χ2n) is 9.49. The van der Waals surface area contributed by atoms with Gasteiger partial charge >= 0.3 is 0 Å². The fourth-order valence-corrected chi connectivity index (χ4v) is 3.35. The molecule has 0 radical (unpaired) electrons. The summed E-state index contributed by atoms with van der Waals surface area (Å²) in [5.74, 6) is 0. The fourth-order valence-electron chi connectivity index (χ4n) is 2.32. The molecule has 0 spiro atoms. The lowest BCUT2D eigenvalue weighted by Crippen LogP contribution is -2.43. The summed E-state index contributed by atoms with van der Waals surface area (Å²) >= 11 is 0. The fraction of sp³-hybridized carbons (Fsp3) is 0.538. The largest absolute Gasteiger partial charge is 0.414 e. The molecular formula is C26H44N2O4Si. The second-order valence-corrected chi connectivity index (χ2v) is 14.3. The summed E-state index contributed by atoms with van der Waals surface area (Å²) in [6.07, 6.45) is 1.65. The summed E-state index contributed by atoms with van der Waals surface area (Å²) in [6, 6.07) is 19.5. The van der Waals surface area contributed by atoms with Gasteiger partial charge in [-0.15, -0.1) is 0 Å². The Bertz CT molecular complexity index is 735. The van der Waals surface area contributed by atoms with Crippen molar-refractivity contribution >= 4 is 19.7 Å². The SMILES string of the molecule is CC[C@H](CO)ONc1ccccc1.CC[C@H](CO[Si](C)(C)C(C)(C)C)ONc1ccccc1. The van der Waals surface area contributed by atoms with E-state index in [0.29, 0.717) is 6.61 Å². The van der Waals surface area contributed by atoms with Gasteiger partial charge in [-0.3, -0.25) is 20.6 Å². The van der Waals surface area contributed by atoms with E-state index >= 15 is 0 Å². The predicted octanol–water partition coefficient (Wildman–Crippen LogP) is 6.63. The first-order valence-electron chi connectivity index (χ1n) is 11.8. The lowest BCUT2D eigenvalue weighted by molar-refractivity contribution is 0.0448. The van der Waals surface area contributed by atoms with E-state index in [2.05, 4.69) is 51.7 Å². The smallest absolute Gasteiger partial charge is 0.192 e. The van der Waals surface area contributed by atoms with Crippen molar-refractivity contribution in [1.29, 1.82) is 0 Å². The Kier molecular flexibility index (Phi) is 13.3. The van der Waals surface area contributed by atoms with E-state index in [4.69, 9.17) is 19.2 Å². The minimum Gasteiger partial charge on any atom is -0.414 e. The van der Waals surface area contributed by atoms with Gasteiger partial charge in [-0.1, -0.05) is 71.0 Å².